The minimum Gasteiger partial charge on any atom is -0.171 e. The SMILES string of the molecule is C=C/C(C)=C\C=C(/C)C(C)c1ccc(C(=C)C)cc1C[C@@H](C)CCC(F)(F)F. The molecule has 0 spiro atoms. The van der Waals surface area contributed by atoms with E-state index < -0.39 is 12.6 Å². The van der Waals surface area contributed by atoms with Gasteiger partial charge in [-0.3, -0.25) is 0 Å². The van der Waals surface area contributed by atoms with Crippen LogP contribution in [0.15, 0.2) is 60.7 Å². The summed E-state index contributed by atoms with van der Waals surface area (Å²) in [5.74, 6) is 0.137. The van der Waals surface area contributed by atoms with E-state index in [1.807, 2.05) is 32.9 Å². The zero-order valence-electron chi connectivity index (χ0n) is 17.8. The summed E-state index contributed by atoms with van der Waals surface area (Å²) >= 11 is 0. The van der Waals surface area contributed by atoms with Crippen LogP contribution >= 0.6 is 0 Å². The van der Waals surface area contributed by atoms with Gasteiger partial charge in [-0.25, -0.2) is 0 Å². The summed E-state index contributed by atoms with van der Waals surface area (Å²) < 4.78 is 37.8. The first-order chi connectivity index (χ1) is 12.9. The van der Waals surface area contributed by atoms with E-state index >= 15 is 0 Å². The van der Waals surface area contributed by atoms with Crippen molar-refractivity contribution in [2.24, 2.45) is 5.92 Å². The first kappa shape index (κ1) is 24.0. The topological polar surface area (TPSA) is 0 Å². The van der Waals surface area contributed by atoms with E-state index in [0.29, 0.717) is 6.42 Å². The standard InChI is InChI=1S/C25H33F3/c1-8-18(4)9-10-20(6)21(7)24-12-11-22(17(2)3)16-23(24)15-19(5)13-14-25(26,27)28/h8-12,16,19,21H,1-2,13-15H2,3-7H3/b18-9-,20-10+/t19-,21?/m0/s1. The molecule has 0 fully saturated rings. The van der Waals surface area contributed by atoms with E-state index in [0.717, 1.165) is 22.3 Å². The van der Waals surface area contributed by atoms with Crippen molar-refractivity contribution >= 4 is 5.57 Å². The predicted octanol–water partition coefficient (Wildman–Crippen LogP) is 8.42. The van der Waals surface area contributed by atoms with Gasteiger partial charge in [0.15, 0.2) is 0 Å². The van der Waals surface area contributed by atoms with Gasteiger partial charge in [-0.15, -0.1) is 0 Å². The third kappa shape index (κ3) is 7.92. The Morgan fingerprint density at radius 3 is 2.29 bits per heavy atom. The minimum absolute atomic E-state index is 0.0415. The Morgan fingerprint density at radius 2 is 1.75 bits per heavy atom. The van der Waals surface area contributed by atoms with Crippen LogP contribution in [0.1, 0.15) is 70.1 Å². The summed E-state index contributed by atoms with van der Waals surface area (Å²) in [7, 11) is 0. The Hall–Kier alpha value is -2.03. The van der Waals surface area contributed by atoms with Gasteiger partial charge in [-0.05, 0) is 56.2 Å². The molecular formula is C25H33F3. The number of rotatable bonds is 9. The highest BCUT2D eigenvalue weighted by molar-refractivity contribution is 5.63. The molecular weight excluding hydrogens is 357 g/mol. The Balaban J connectivity index is 3.17. The smallest absolute Gasteiger partial charge is 0.171 e. The highest BCUT2D eigenvalue weighted by Crippen LogP contribution is 2.32. The summed E-state index contributed by atoms with van der Waals surface area (Å²) in [5.41, 5.74) is 6.57. The number of allylic oxidation sites excluding steroid dienone is 6. The fourth-order valence-corrected chi connectivity index (χ4v) is 3.08. The third-order valence-electron chi connectivity index (χ3n) is 5.21. The van der Waals surface area contributed by atoms with Crippen LogP contribution in [0, 0.1) is 5.92 Å². The fourth-order valence-electron chi connectivity index (χ4n) is 3.08. The average Bonchev–Trinajstić information content (AvgIpc) is 2.62. The zero-order chi connectivity index (χ0) is 21.5. The molecule has 1 rings (SSSR count). The van der Waals surface area contributed by atoms with E-state index in [4.69, 9.17) is 0 Å². The van der Waals surface area contributed by atoms with Gasteiger partial charge < -0.3 is 0 Å². The van der Waals surface area contributed by atoms with Crippen LogP contribution in [0.2, 0.25) is 0 Å². The molecule has 0 aromatic heterocycles. The summed E-state index contributed by atoms with van der Waals surface area (Å²) in [4.78, 5) is 0. The summed E-state index contributed by atoms with van der Waals surface area (Å²) in [6.07, 6.45) is 1.88. The van der Waals surface area contributed by atoms with Crippen molar-refractivity contribution in [3.05, 3.63) is 77.4 Å². The summed E-state index contributed by atoms with van der Waals surface area (Å²) in [6, 6.07) is 6.24. The highest BCUT2D eigenvalue weighted by atomic mass is 19.4. The zero-order valence-corrected chi connectivity index (χ0v) is 17.8. The molecule has 0 nitrogen and oxygen atoms in total. The first-order valence-electron chi connectivity index (χ1n) is 9.77. The number of halogens is 3. The van der Waals surface area contributed by atoms with Crippen LogP contribution in [0.5, 0.6) is 0 Å². The van der Waals surface area contributed by atoms with Crippen molar-refractivity contribution in [1.29, 1.82) is 0 Å². The molecule has 1 aromatic rings. The molecule has 0 aliphatic carbocycles. The van der Waals surface area contributed by atoms with Crippen LogP contribution < -0.4 is 0 Å². The molecule has 0 radical (unpaired) electrons. The van der Waals surface area contributed by atoms with Crippen LogP contribution in [0.4, 0.5) is 13.2 Å². The largest absolute Gasteiger partial charge is 0.389 e. The Kier molecular flexibility index (Phi) is 9.00. The molecule has 28 heavy (non-hydrogen) atoms. The molecule has 3 heteroatoms. The van der Waals surface area contributed by atoms with Crippen molar-refractivity contribution in [2.75, 3.05) is 0 Å². The van der Waals surface area contributed by atoms with Crippen LogP contribution in [0.3, 0.4) is 0 Å². The van der Waals surface area contributed by atoms with Gasteiger partial charge in [0.05, 0.1) is 0 Å². The Bertz CT molecular complexity index is 748. The molecule has 0 aliphatic heterocycles. The molecule has 0 saturated carbocycles. The van der Waals surface area contributed by atoms with Gasteiger partial charge in [-0.2, -0.15) is 13.2 Å². The third-order valence-corrected chi connectivity index (χ3v) is 5.21. The number of alkyl halides is 3. The fraction of sp³-hybridized carbons (Fsp3) is 0.440. The Labute approximate surface area is 168 Å². The maximum atomic E-state index is 12.6. The van der Waals surface area contributed by atoms with Gasteiger partial charge >= 0.3 is 6.18 Å². The average molecular weight is 391 g/mol. The van der Waals surface area contributed by atoms with Gasteiger partial charge in [0, 0.05) is 12.3 Å². The van der Waals surface area contributed by atoms with Crippen molar-refractivity contribution in [1.82, 2.24) is 0 Å². The molecule has 0 saturated heterocycles. The summed E-state index contributed by atoms with van der Waals surface area (Å²) in [6.45, 7) is 17.8. The van der Waals surface area contributed by atoms with E-state index in [2.05, 4.69) is 51.3 Å². The molecule has 0 amide bonds. The molecule has 2 atom stereocenters. The van der Waals surface area contributed by atoms with E-state index in [-0.39, 0.29) is 18.3 Å². The number of hydrogen-bond donors (Lipinski definition) is 0. The van der Waals surface area contributed by atoms with Crippen molar-refractivity contribution < 1.29 is 13.2 Å². The lowest BCUT2D eigenvalue weighted by atomic mass is 9.84. The van der Waals surface area contributed by atoms with Gasteiger partial charge in [0.2, 0.25) is 0 Å². The second-order valence-corrected chi connectivity index (χ2v) is 7.90. The number of hydrogen-bond acceptors (Lipinski definition) is 0. The number of benzene rings is 1. The second-order valence-electron chi connectivity index (χ2n) is 7.90. The lowest BCUT2D eigenvalue weighted by Crippen LogP contribution is -2.12. The molecule has 0 heterocycles. The molecule has 0 bridgehead atoms. The molecule has 154 valence electrons. The maximum Gasteiger partial charge on any atom is 0.389 e. The van der Waals surface area contributed by atoms with Gasteiger partial charge in [0.25, 0.3) is 0 Å². The second kappa shape index (κ2) is 10.5. The maximum absolute atomic E-state index is 12.6. The first-order valence-corrected chi connectivity index (χ1v) is 9.77. The normalized spacial score (nSPS) is 15.3. The Morgan fingerprint density at radius 1 is 1.11 bits per heavy atom. The van der Waals surface area contributed by atoms with Crippen molar-refractivity contribution in [2.45, 2.75) is 66.0 Å². The van der Waals surface area contributed by atoms with E-state index in [9.17, 15) is 13.2 Å². The van der Waals surface area contributed by atoms with Crippen LogP contribution in [-0.4, -0.2) is 6.18 Å². The molecule has 1 aromatic carbocycles. The quantitative estimate of drug-likeness (QED) is 0.371. The van der Waals surface area contributed by atoms with E-state index in [1.54, 1.807) is 0 Å². The van der Waals surface area contributed by atoms with Crippen LogP contribution in [-0.2, 0) is 6.42 Å². The van der Waals surface area contributed by atoms with Crippen LogP contribution in [0.25, 0.3) is 5.57 Å². The predicted molar refractivity (Wildman–Crippen MR) is 115 cm³/mol. The van der Waals surface area contributed by atoms with Crippen molar-refractivity contribution in [3.63, 3.8) is 0 Å². The minimum atomic E-state index is -4.10. The highest BCUT2D eigenvalue weighted by Gasteiger charge is 2.27. The monoisotopic (exact) mass is 390 g/mol. The van der Waals surface area contributed by atoms with Crippen molar-refractivity contribution in [3.8, 4) is 0 Å². The molecule has 0 aliphatic rings. The van der Waals surface area contributed by atoms with E-state index in [1.165, 1.54) is 11.1 Å². The molecule has 0 N–H and O–H groups in total. The van der Waals surface area contributed by atoms with Gasteiger partial charge in [-0.1, -0.05) is 80.2 Å². The lowest BCUT2D eigenvalue weighted by Gasteiger charge is -2.21. The summed E-state index contributed by atoms with van der Waals surface area (Å²) in [5, 5.41) is 0. The lowest BCUT2D eigenvalue weighted by molar-refractivity contribution is -0.137. The molecule has 1 unspecified atom stereocenters. The van der Waals surface area contributed by atoms with Gasteiger partial charge in [0.1, 0.15) is 0 Å².